The lowest BCUT2D eigenvalue weighted by molar-refractivity contribution is 0.0154. The maximum Gasteiger partial charge on any atom is 0.343 e. The van der Waals surface area contributed by atoms with Gasteiger partial charge >= 0.3 is 5.97 Å². The van der Waals surface area contributed by atoms with E-state index in [0.29, 0.717) is 11.3 Å². The van der Waals surface area contributed by atoms with E-state index in [1.165, 1.54) is 13.5 Å². The molecule has 4 heterocycles. The van der Waals surface area contributed by atoms with Crippen LogP contribution < -0.4 is 4.74 Å². The molecule has 0 aromatic carbocycles. The molecule has 6 nitrogen and oxygen atoms in total. The maximum absolute atomic E-state index is 12.2. The van der Waals surface area contributed by atoms with Gasteiger partial charge in [-0.2, -0.15) is 0 Å². The van der Waals surface area contributed by atoms with Crippen molar-refractivity contribution in [3.8, 4) is 5.75 Å². The van der Waals surface area contributed by atoms with Crippen LogP contribution in [0.25, 0.3) is 5.65 Å². The van der Waals surface area contributed by atoms with Crippen molar-refractivity contribution in [2.75, 3.05) is 13.7 Å². The molecule has 0 amide bonds. The summed E-state index contributed by atoms with van der Waals surface area (Å²) in [5.74, 6) is 0.185. The number of esters is 1. The molecule has 2 saturated carbocycles. The molecule has 0 atom stereocenters. The summed E-state index contributed by atoms with van der Waals surface area (Å²) in [5.41, 5.74) is 2.34. The summed E-state index contributed by atoms with van der Waals surface area (Å²) in [7, 11) is 1.39. The zero-order valence-corrected chi connectivity index (χ0v) is 14.6. The number of fused-ring (bicyclic) bond motifs is 2. The Bertz CT molecular complexity index is 862. The van der Waals surface area contributed by atoms with Gasteiger partial charge < -0.3 is 18.6 Å². The molecule has 0 unspecified atom stereocenters. The first-order chi connectivity index (χ1) is 12.0. The molecule has 6 rings (SSSR count). The summed E-state index contributed by atoms with van der Waals surface area (Å²) in [6.45, 7) is 2.89. The standard InChI is InChI=1S/C19H22N2O4/c1-18-9-19(10-18,11-24-18)15-8-21-7-13(17(22)23-2)14(6-16(21)20-15)25-12-4-3-5-12/h6-8,12H,3-5,9-11H2,1-2H3. The Labute approximate surface area is 146 Å². The van der Waals surface area contributed by atoms with Gasteiger partial charge in [0, 0.05) is 23.9 Å². The SMILES string of the molecule is COC(=O)c1cn2cc(C34COC(C)(C3)C4)nc2cc1OC1CCC1. The quantitative estimate of drug-likeness (QED) is 0.800. The number of methoxy groups -OCH3 is 1. The van der Waals surface area contributed by atoms with Crippen LogP contribution in [0.5, 0.6) is 5.75 Å². The third-order valence-corrected chi connectivity index (χ3v) is 5.97. The number of rotatable bonds is 4. The van der Waals surface area contributed by atoms with Crippen LogP contribution in [0.4, 0.5) is 0 Å². The van der Waals surface area contributed by atoms with Gasteiger partial charge in [0.25, 0.3) is 0 Å². The maximum atomic E-state index is 12.2. The highest BCUT2D eigenvalue weighted by atomic mass is 16.5. The van der Waals surface area contributed by atoms with Crippen molar-refractivity contribution in [2.24, 2.45) is 0 Å². The van der Waals surface area contributed by atoms with Gasteiger partial charge in [-0.1, -0.05) is 0 Å². The van der Waals surface area contributed by atoms with Crippen molar-refractivity contribution in [3.63, 3.8) is 0 Å². The Morgan fingerprint density at radius 2 is 2.16 bits per heavy atom. The molecule has 6 heteroatoms. The van der Waals surface area contributed by atoms with E-state index < -0.39 is 0 Å². The van der Waals surface area contributed by atoms with Crippen LogP contribution in [0.1, 0.15) is 55.1 Å². The fraction of sp³-hybridized carbons (Fsp3) is 0.579. The molecule has 132 valence electrons. The fourth-order valence-electron chi connectivity index (χ4n) is 4.45. The van der Waals surface area contributed by atoms with E-state index >= 15 is 0 Å². The van der Waals surface area contributed by atoms with Gasteiger partial charge in [-0.25, -0.2) is 9.78 Å². The number of aromatic nitrogens is 2. The monoisotopic (exact) mass is 342 g/mol. The Kier molecular flexibility index (Phi) is 3.02. The van der Waals surface area contributed by atoms with Crippen LogP contribution in [0.3, 0.4) is 0 Å². The Hall–Kier alpha value is -2.08. The van der Waals surface area contributed by atoms with Crippen LogP contribution >= 0.6 is 0 Å². The first-order valence-electron chi connectivity index (χ1n) is 8.93. The molecule has 2 aromatic rings. The first-order valence-corrected chi connectivity index (χ1v) is 8.93. The Balaban J connectivity index is 1.55. The van der Waals surface area contributed by atoms with E-state index in [1.54, 1.807) is 6.20 Å². The van der Waals surface area contributed by atoms with Crippen molar-refractivity contribution in [1.82, 2.24) is 9.38 Å². The summed E-state index contributed by atoms with van der Waals surface area (Å²) >= 11 is 0. The molecule has 2 aromatic heterocycles. The van der Waals surface area contributed by atoms with E-state index in [9.17, 15) is 4.79 Å². The molecule has 0 radical (unpaired) electrons. The summed E-state index contributed by atoms with van der Waals surface area (Å²) in [4.78, 5) is 17.0. The second kappa shape index (κ2) is 4.97. The predicted octanol–water partition coefficient (Wildman–Crippen LogP) is 2.87. The lowest BCUT2D eigenvalue weighted by Gasteiger charge is -2.41. The molecule has 2 aliphatic carbocycles. The predicted molar refractivity (Wildman–Crippen MR) is 90.1 cm³/mol. The van der Waals surface area contributed by atoms with Crippen molar-refractivity contribution in [3.05, 3.63) is 29.7 Å². The van der Waals surface area contributed by atoms with E-state index in [0.717, 1.165) is 43.6 Å². The lowest BCUT2D eigenvalue weighted by atomic mass is 9.62. The molecule has 2 aliphatic heterocycles. The largest absolute Gasteiger partial charge is 0.489 e. The summed E-state index contributed by atoms with van der Waals surface area (Å²) < 4.78 is 18.8. The average Bonchev–Trinajstić information content (AvgIpc) is 3.19. The van der Waals surface area contributed by atoms with Gasteiger partial charge in [0.1, 0.15) is 17.0 Å². The number of hydrogen-bond acceptors (Lipinski definition) is 5. The van der Waals surface area contributed by atoms with Gasteiger partial charge in [-0.15, -0.1) is 0 Å². The Morgan fingerprint density at radius 3 is 2.76 bits per heavy atom. The van der Waals surface area contributed by atoms with Crippen LogP contribution in [-0.2, 0) is 14.9 Å². The minimum Gasteiger partial charge on any atom is -0.489 e. The van der Waals surface area contributed by atoms with Gasteiger partial charge in [-0.05, 0) is 39.0 Å². The minimum absolute atomic E-state index is 0.0193. The second-order valence-electron chi connectivity index (χ2n) is 7.98. The number of pyridine rings is 1. The van der Waals surface area contributed by atoms with Crippen molar-refractivity contribution < 1.29 is 19.0 Å². The highest BCUT2D eigenvalue weighted by Crippen LogP contribution is 2.58. The third-order valence-electron chi connectivity index (χ3n) is 5.97. The average molecular weight is 342 g/mol. The Morgan fingerprint density at radius 1 is 1.36 bits per heavy atom. The number of nitrogens with zero attached hydrogens (tertiary/aromatic N) is 2. The van der Waals surface area contributed by atoms with E-state index in [2.05, 4.69) is 6.92 Å². The second-order valence-corrected chi connectivity index (χ2v) is 7.98. The van der Waals surface area contributed by atoms with Crippen molar-refractivity contribution >= 4 is 11.6 Å². The zero-order valence-electron chi connectivity index (χ0n) is 14.6. The van der Waals surface area contributed by atoms with Crippen molar-refractivity contribution in [2.45, 2.75) is 56.1 Å². The smallest absolute Gasteiger partial charge is 0.343 e. The van der Waals surface area contributed by atoms with Crippen LogP contribution in [-0.4, -0.2) is 40.8 Å². The van der Waals surface area contributed by atoms with E-state index in [-0.39, 0.29) is 23.1 Å². The summed E-state index contributed by atoms with van der Waals surface area (Å²) in [6, 6.07) is 1.86. The number of ether oxygens (including phenoxy) is 3. The van der Waals surface area contributed by atoms with Gasteiger partial charge in [0.05, 0.1) is 31.1 Å². The summed E-state index contributed by atoms with van der Waals surface area (Å²) in [5, 5.41) is 0. The summed E-state index contributed by atoms with van der Waals surface area (Å²) in [6.07, 6.45) is 9.25. The molecule has 2 bridgehead atoms. The fourth-order valence-corrected chi connectivity index (χ4v) is 4.45. The molecule has 0 N–H and O–H groups in total. The number of hydrogen-bond donors (Lipinski definition) is 0. The van der Waals surface area contributed by atoms with E-state index in [4.69, 9.17) is 19.2 Å². The normalized spacial score (nSPS) is 30.8. The molecular weight excluding hydrogens is 320 g/mol. The minimum atomic E-state index is -0.384. The molecule has 4 fully saturated rings. The first kappa shape index (κ1) is 15.2. The molecular formula is C19H22N2O4. The van der Waals surface area contributed by atoms with Gasteiger partial charge in [0.15, 0.2) is 0 Å². The lowest BCUT2D eigenvalue weighted by Crippen LogP contribution is -2.45. The van der Waals surface area contributed by atoms with Crippen LogP contribution in [0, 0.1) is 0 Å². The molecule has 4 aliphatic rings. The highest BCUT2D eigenvalue weighted by Gasteiger charge is 2.61. The number of imidazole rings is 1. The zero-order chi connectivity index (χ0) is 17.2. The third kappa shape index (κ3) is 2.20. The number of carbonyl (C=O) groups excluding carboxylic acids is 1. The number of carbonyl (C=O) groups is 1. The molecule has 2 saturated heterocycles. The highest BCUT2D eigenvalue weighted by molar-refractivity contribution is 5.92. The van der Waals surface area contributed by atoms with Crippen molar-refractivity contribution in [1.29, 1.82) is 0 Å². The van der Waals surface area contributed by atoms with Gasteiger partial charge in [-0.3, -0.25) is 0 Å². The molecule has 25 heavy (non-hydrogen) atoms. The van der Waals surface area contributed by atoms with Gasteiger partial charge in [0.2, 0.25) is 0 Å². The van der Waals surface area contributed by atoms with Crippen LogP contribution in [0.15, 0.2) is 18.5 Å². The van der Waals surface area contributed by atoms with Crippen LogP contribution in [0.2, 0.25) is 0 Å². The van der Waals surface area contributed by atoms with E-state index in [1.807, 2.05) is 16.7 Å². The topological polar surface area (TPSA) is 62.1 Å². The molecule has 0 spiro atoms.